The van der Waals surface area contributed by atoms with Gasteiger partial charge in [0.2, 0.25) is 5.91 Å². The second-order valence-corrected chi connectivity index (χ2v) is 5.02. The van der Waals surface area contributed by atoms with E-state index in [1.807, 2.05) is 6.92 Å². The molecule has 0 spiro atoms. The van der Waals surface area contributed by atoms with Crippen LogP contribution in [-0.2, 0) is 4.79 Å². The Bertz CT molecular complexity index is 479. The Morgan fingerprint density at radius 2 is 2.16 bits per heavy atom. The molecule has 1 heterocycles. The Balaban J connectivity index is 2.20. The summed E-state index contributed by atoms with van der Waals surface area (Å²) in [5.74, 6) is 0.799. The Labute approximate surface area is 122 Å². The topological polar surface area (TPSA) is 47.6 Å². The first-order chi connectivity index (χ1) is 9.13. The van der Waals surface area contributed by atoms with E-state index in [9.17, 15) is 4.79 Å². The highest BCUT2D eigenvalue weighted by atomic mass is 35.5. The molecule has 1 aromatic rings. The van der Waals surface area contributed by atoms with Gasteiger partial charge in [-0.25, -0.2) is 0 Å². The van der Waals surface area contributed by atoms with Crippen molar-refractivity contribution in [2.24, 2.45) is 0 Å². The number of halogens is 2. The van der Waals surface area contributed by atoms with Gasteiger partial charge in [0.1, 0.15) is 18.6 Å². The summed E-state index contributed by atoms with van der Waals surface area (Å²) in [6, 6.07) is 3.34. The van der Waals surface area contributed by atoms with E-state index in [0.717, 1.165) is 6.42 Å². The summed E-state index contributed by atoms with van der Waals surface area (Å²) in [6.45, 7) is 3.50. The number of benzene rings is 1. The fraction of sp³-hybridized carbons (Fsp3) is 0.462. The van der Waals surface area contributed by atoms with E-state index in [4.69, 9.17) is 32.7 Å². The molecule has 0 bridgehead atoms. The molecule has 0 saturated carbocycles. The van der Waals surface area contributed by atoms with Crippen molar-refractivity contribution in [3.8, 4) is 11.5 Å². The van der Waals surface area contributed by atoms with Crippen molar-refractivity contribution in [1.29, 1.82) is 0 Å². The van der Waals surface area contributed by atoms with Crippen LogP contribution >= 0.6 is 23.2 Å². The monoisotopic (exact) mass is 303 g/mol. The highest BCUT2D eigenvalue weighted by molar-refractivity contribution is 6.33. The summed E-state index contributed by atoms with van der Waals surface area (Å²) in [5.41, 5.74) is 0.601. The average molecular weight is 304 g/mol. The molecule has 0 aliphatic carbocycles. The van der Waals surface area contributed by atoms with Crippen LogP contribution in [-0.4, -0.2) is 25.7 Å². The molecule has 1 N–H and O–H groups in total. The van der Waals surface area contributed by atoms with Gasteiger partial charge in [0, 0.05) is 6.54 Å². The van der Waals surface area contributed by atoms with Gasteiger partial charge >= 0.3 is 0 Å². The van der Waals surface area contributed by atoms with Gasteiger partial charge in [-0.3, -0.25) is 4.79 Å². The van der Waals surface area contributed by atoms with Crippen LogP contribution in [0.4, 0.5) is 0 Å². The Hall–Kier alpha value is -1.13. The van der Waals surface area contributed by atoms with E-state index in [2.05, 4.69) is 5.32 Å². The lowest BCUT2D eigenvalue weighted by atomic mass is 10.1. The van der Waals surface area contributed by atoms with Crippen molar-refractivity contribution in [2.75, 3.05) is 19.8 Å². The molecule has 1 aliphatic rings. The maximum Gasteiger partial charge on any atom is 0.242 e. The van der Waals surface area contributed by atoms with E-state index in [1.54, 1.807) is 12.1 Å². The molecule has 2 rings (SSSR count). The van der Waals surface area contributed by atoms with Crippen LogP contribution in [0.3, 0.4) is 0 Å². The molecule has 4 nitrogen and oxygen atoms in total. The molecular formula is C13H15Cl2NO3. The standard InChI is InChI=1S/C13H15Cl2NO3/c1-2-3-16-13(17)11(15)8-6-9(14)12-10(7-8)18-4-5-19-12/h6-7,11H,2-5H2,1H3,(H,16,17). The van der Waals surface area contributed by atoms with Crippen molar-refractivity contribution in [1.82, 2.24) is 5.32 Å². The number of fused-ring (bicyclic) bond motifs is 1. The third-order valence-electron chi connectivity index (χ3n) is 2.69. The SMILES string of the molecule is CCCNC(=O)C(Cl)c1cc(Cl)c2c(c1)OCCO2. The molecule has 0 radical (unpaired) electrons. The van der Waals surface area contributed by atoms with Gasteiger partial charge in [-0.05, 0) is 24.1 Å². The Morgan fingerprint density at radius 3 is 2.89 bits per heavy atom. The van der Waals surface area contributed by atoms with E-state index >= 15 is 0 Å². The van der Waals surface area contributed by atoms with Crippen LogP contribution in [0.15, 0.2) is 12.1 Å². The van der Waals surface area contributed by atoms with Crippen LogP contribution in [0, 0.1) is 0 Å². The minimum absolute atomic E-state index is 0.240. The van der Waals surface area contributed by atoms with E-state index < -0.39 is 5.38 Å². The summed E-state index contributed by atoms with van der Waals surface area (Å²) >= 11 is 12.2. The molecule has 0 saturated heterocycles. The lowest BCUT2D eigenvalue weighted by molar-refractivity contribution is -0.120. The maximum absolute atomic E-state index is 11.8. The molecule has 6 heteroatoms. The quantitative estimate of drug-likeness (QED) is 0.870. The maximum atomic E-state index is 11.8. The normalized spacial score (nSPS) is 14.9. The molecule has 1 unspecified atom stereocenters. The summed E-state index contributed by atoms with van der Waals surface area (Å²) in [6.07, 6.45) is 0.858. The molecule has 0 aromatic heterocycles. The summed E-state index contributed by atoms with van der Waals surface area (Å²) in [5, 5.41) is 2.36. The molecule has 1 aromatic carbocycles. The number of nitrogens with one attached hydrogen (secondary N) is 1. The molecule has 19 heavy (non-hydrogen) atoms. The summed E-state index contributed by atoms with van der Waals surface area (Å²) in [4.78, 5) is 11.8. The average Bonchev–Trinajstić information content (AvgIpc) is 2.43. The van der Waals surface area contributed by atoms with Gasteiger partial charge < -0.3 is 14.8 Å². The number of hydrogen-bond donors (Lipinski definition) is 1. The molecule has 1 aliphatic heterocycles. The fourth-order valence-corrected chi connectivity index (χ4v) is 2.24. The van der Waals surface area contributed by atoms with Gasteiger partial charge in [-0.15, -0.1) is 11.6 Å². The Morgan fingerprint density at radius 1 is 1.42 bits per heavy atom. The second-order valence-electron chi connectivity index (χ2n) is 4.18. The van der Waals surface area contributed by atoms with Gasteiger partial charge in [0.25, 0.3) is 0 Å². The first-order valence-corrected chi connectivity index (χ1v) is 6.95. The third-order valence-corrected chi connectivity index (χ3v) is 3.42. The van der Waals surface area contributed by atoms with Crippen LogP contribution in [0.25, 0.3) is 0 Å². The van der Waals surface area contributed by atoms with Crippen LogP contribution in [0.2, 0.25) is 5.02 Å². The van der Waals surface area contributed by atoms with Gasteiger partial charge in [-0.1, -0.05) is 18.5 Å². The van der Waals surface area contributed by atoms with Crippen molar-refractivity contribution in [2.45, 2.75) is 18.7 Å². The van der Waals surface area contributed by atoms with Crippen molar-refractivity contribution in [3.63, 3.8) is 0 Å². The van der Waals surface area contributed by atoms with Gasteiger partial charge in [-0.2, -0.15) is 0 Å². The number of alkyl halides is 1. The number of carbonyl (C=O) groups excluding carboxylic acids is 1. The number of hydrogen-bond acceptors (Lipinski definition) is 3. The van der Waals surface area contributed by atoms with Crippen LogP contribution in [0.1, 0.15) is 24.3 Å². The number of amides is 1. The van der Waals surface area contributed by atoms with E-state index in [1.165, 1.54) is 0 Å². The first-order valence-electron chi connectivity index (χ1n) is 6.14. The second kappa shape index (κ2) is 6.35. The third kappa shape index (κ3) is 3.25. The smallest absolute Gasteiger partial charge is 0.242 e. The zero-order valence-corrected chi connectivity index (χ0v) is 12.1. The van der Waals surface area contributed by atoms with Crippen molar-refractivity contribution in [3.05, 3.63) is 22.7 Å². The molecule has 0 fully saturated rings. The van der Waals surface area contributed by atoms with E-state index in [0.29, 0.717) is 41.8 Å². The van der Waals surface area contributed by atoms with E-state index in [-0.39, 0.29) is 5.91 Å². The van der Waals surface area contributed by atoms with Crippen molar-refractivity contribution >= 4 is 29.1 Å². The lowest BCUT2D eigenvalue weighted by Crippen LogP contribution is -2.27. The highest BCUT2D eigenvalue weighted by Gasteiger charge is 2.23. The number of carbonyl (C=O) groups is 1. The van der Waals surface area contributed by atoms with Gasteiger partial charge in [0.05, 0.1) is 5.02 Å². The zero-order chi connectivity index (χ0) is 13.8. The minimum atomic E-state index is -0.792. The number of ether oxygens (including phenoxy) is 2. The number of rotatable bonds is 4. The van der Waals surface area contributed by atoms with Crippen LogP contribution in [0.5, 0.6) is 11.5 Å². The Kier molecular flexibility index (Phi) is 4.77. The summed E-state index contributed by atoms with van der Waals surface area (Å²) < 4.78 is 10.9. The molecule has 1 atom stereocenters. The minimum Gasteiger partial charge on any atom is -0.486 e. The summed E-state index contributed by atoms with van der Waals surface area (Å²) in [7, 11) is 0. The fourth-order valence-electron chi connectivity index (χ4n) is 1.77. The molecule has 104 valence electrons. The predicted molar refractivity (Wildman–Crippen MR) is 74.3 cm³/mol. The van der Waals surface area contributed by atoms with Crippen LogP contribution < -0.4 is 14.8 Å². The first kappa shape index (κ1) is 14.3. The molecular weight excluding hydrogens is 289 g/mol. The molecule has 1 amide bonds. The largest absolute Gasteiger partial charge is 0.486 e. The zero-order valence-electron chi connectivity index (χ0n) is 10.5. The predicted octanol–water partition coefficient (Wildman–Crippen LogP) is 2.92. The van der Waals surface area contributed by atoms with Gasteiger partial charge in [0.15, 0.2) is 11.5 Å². The van der Waals surface area contributed by atoms with Crippen molar-refractivity contribution < 1.29 is 14.3 Å². The lowest BCUT2D eigenvalue weighted by Gasteiger charge is -2.21. The highest BCUT2D eigenvalue weighted by Crippen LogP contribution is 2.40.